The topological polar surface area (TPSA) is 0 Å². The molecule has 1 heteroatoms. The zero-order valence-electron chi connectivity index (χ0n) is 9.40. The largest absolute Gasteiger partial charge is 0.103 e. The minimum Gasteiger partial charge on any atom is -0.103 e. The second kappa shape index (κ2) is 8.12. The Kier molecular flexibility index (Phi) is 6.59. The Morgan fingerprint density at radius 2 is 2.00 bits per heavy atom. The van der Waals surface area contributed by atoms with Crippen LogP contribution in [0.1, 0.15) is 12.0 Å². The molecule has 1 aromatic carbocycles. The molecule has 0 nitrogen and oxygen atoms in total. The highest BCUT2D eigenvalue weighted by Crippen LogP contribution is 2.10. The highest BCUT2D eigenvalue weighted by Gasteiger charge is 1.95. The summed E-state index contributed by atoms with van der Waals surface area (Å²) in [6, 6.07) is 10.5. The lowest BCUT2D eigenvalue weighted by molar-refractivity contribution is 1.17. The molecule has 0 saturated heterocycles. The molecule has 0 N–H and O–H groups in total. The van der Waals surface area contributed by atoms with Crippen molar-refractivity contribution >= 4 is 15.9 Å². The summed E-state index contributed by atoms with van der Waals surface area (Å²) in [4.78, 5) is 0. The van der Waals surface area contributed by atoms with E-state index in [-0.39, 0.29) is 0 Å². The number of alkyl halides is 1. The van der Waals surface area contributed by atoms with Gasteiger partial charge >= 0.3 is 0 Å². The zero-order valence-corrected chi connectivity index (χ0v) is 11.0. The second-order valence-electron chi connectivity index (χ2n) is 3.52. The minimum atomic E-state index is 0.896. The van der Waals surface area contributed by atoms with Crippen LogP contribution in [0.4, 0.5) is 0 Å². The summed E-state index contributed by atoms with van der Waals surface area (Å²) in [7, 11) is 0. The van der Waals surface area contributed by atoms with Crippen molar-refractivity contribution in [1.82, 2.24) is 0 Å². The SMILES string of the molecule is C=CC/C=C(\C=C/CBr)Cc1ccccc1. The molecule has 0 radical (unpaired) electrons. The Morgan fingerprint density at radius 1 is 1.25 bits per heavy atom. The van der Waals surface area contributed by atoms with E-state index in [0.29, 0.717) is 0 Å². The smallest absolute Gasteiger partial charge is 0.0215 e. The molecule has 0 atom stereocenters. The monoisotopic (exact) mass is 276 g/mol. The molecule has 0 aromatic heterocycles. The van der Waals surface area contributed by atoms with Crippen molar-refractivity contribution in [2.24, 2.45) is 0 Å². The van der Waals surface area contributed by atoms with E-state index in [0.717, 1.165) is 18.2 Å². The Bertz CT molecular complexity index is 360. The van der Waals surface area contributed by atoms with E-state index in [1.807, 2.05) is 12.1 Å². The molecule has 0 aliphatic heterocycles. The molecular weight excluding hydrogens is 260 g/mol. The molecule has 0 fully saturated rings. The Labute approximate surface area is 107 Å². The lowest BCUT2D eigenvalue weighted by Gasteiger charge is -2.02. The predicted molar refractivity (Wildman–Crippen MR) is 76.0 cm³/mol. The summed E-state index contributed by atoms with van der Waals surface area (Å²) in [5.74, 6) is 0. The summed E-state index contributed by atoms with van der Waals surface area (Å²) < 4.78 is 0. The van der Waals surface area contributed by atoms with Gasteiger partial charge in [-0.1, -0.05) is 70.6 Å². The standard InChI is InChI=1S/C15H17Br/c1-2-3-8-14(11-7-12-16)13-15-9-5-4-6-10-15/h2,4-11H,1,3,12-13H2/b11-7-,14-8+. The number of allylic oxidation sites excluding steroid dienone is 5. The van der Waals surface area contributed by atoms with Gasteiger partial charge in [0.1, 0.15) is 0 Å². The van der Waals surface area contributed by atoms with E-state index in [1.165, 1.54) is 11.1 Å². The first-order valence-corrected chi connectivity index (χ1v) is 6.55. The molecular formula is C15H17Br. The van der Waals surface area contributed by atoms with Crippen LogP contribution in [0.2, 0.25) is 0 Å². The third-order valence-corrected chi connectivity index (χ3v) is 2.59. The fraction of sp³-hybridized carbons (Fsp3) is 0.200. The molecule has 0 saturated carbocycles. The second-order valence-corrected chi connectivity index (χ2v) is 4.17. The normalized spacial score (nSPS) is 11.9. The van der Waals surface area contributed by atoms with Gasteiger partial charge in [0.25, 0.3) is 0 Å². The van der Waals surface area contributed by atoms with Crippen LogP contribution in [0.25, 0.3) is 0 Å². The summed E-state index contributed by atoms with van der Waals surface area (Å²) in [5, 5.41) is 0.896. The van der Waals surface area contributed by atoms with Gasteiger partial charge in [0.2, 0.25) is 0 Å². The molecule has 0 bridgehead atoms. The molecule has 16 heavy (non-hydrogen) atoms. The summed E-state index contributed by atoms with van der Waals surface area (Å²) in [5.41, 5.74) is 2.68. The maximum absolute atomic E-state index is 3.74. The van der Waals surface area contributed by atoms with E-state index < -0.39 is 0 Å². The molecule has 0 aliphatic rings. The molecule has 0 unspecified atom stereocenters. The Hall–Kier alpha value is -1.08. The Balaban J connectivity index is 2.70. The van der Waals surface area contributed by atoms with Crippen molar-refractivity contribution in [2.75, 3.05) is 5.33 Å². The third kappa shape index (κ3) is 5.13. The molecule has 1 rings (SSSR count). The average molecular weight is 277 g/mol. The quantitative estimate of drug-likeness (QED) is 0.402. The zero-order chi connectivity index (χ0) is 11.6. The van der Waals surface area contributed by atoms with E-state index in [4.69, 9.17) is 0 Å². The van der Waals surface area contributed by atoms with Crippen molar-refractivity contribution in [1.29, 1.82) is 0 Å². The summed E-state index contributed by atoms with van der Waals surface area (Å²) >= 11 is 3.40. The number of benzene rings is 1. The highest BCUT2D eigenvalue weighted by molar-refractivity contribution is 9.09. The highest BCUT2D eigenvalue weighted by atomic mass is 79.9. The van der Waals surface area contributed by atoms with Gasteiger partial charge in [-0.25, -0.2) is 0 Å². The van der Waals surface area contributed by atoms with Crippen LogP contribution in [0, 0.1) is 0 Å². The van der Waals surface area contributed by atoms with Crippen LogP contribution in [0.15, 0.2) is 66.8 Å². The first-order valence-electron chi connectivity index (χ1n) is 5.43. The van der Waals surface area contributed by atoms with Crippen LogP contribution < -0.4 is 0 Å². The van der Waals surface area contributed by atoms with Crippen LogP contribution >= 0.6 is 15.9 Å². The van der Waals surface area contributed by atoms with Gasteiger partial charge in [-0.05, 0) is 24.0 Å². The van der Waals surface area contributed by atoms with Gasteiger partial charge in [-0.3, -0.25) is 0 Å². The number of hydrogen-bond donors (Lipinski definition) is 0. The minimum absolute atomic E-state index is 0.896. The van der Waals surface area contributed by atoms with Gasteiger partial charge < -0.3 is 0 Å². The molecule has 0 heterocycles. The van der Waals surface area contributed by atoms with Crippen LogP contribution in [0.3, 0.4) is 0 Å². The van der Waals surface area contributed by atoms with Crippen LogP contribution in [-0.2, 0) is 6.42 Å². The van der Waals surface area contributed by atoms with Gasteiger partial charge in [-0.15, -0.1) is 6.58 Å². The van der Waals surface area contributed by atoms with Crippen molar-refractivity contribution in [3.05, 3.63) is 72.4 Å². The van der Waals surface area contributed by atoms with Gasteiger partial charge in [-0.2, -0.15) is 0 Å². The fourth-order valence-corrected chi connectivity index (χ4v) is 1.65. The third-order valence-electron chi connectivity index (χ3n) is 2.22. The molecule has 0 aliphatic carbocycles. The van der Waals surface area contributed by atoms with Gasteiger partial charge in [0.15, 0.2) is 0 Å². The maximum atomic E-state index is 3.74. The van der Waals surface area contributed by atoms with Crippen molar-refractivity contribution in [3.8, 4) is 0 Å². The van der Waals surface area contributed by atoms with Crippen molar-refractivity contribution < 1.29 is 0 Å². The van der Waals surface area contributed by atoms with Crippen LogP contribution in [-0.4, -0.2) is 5.33 Å². The van der Waals surface area contributed by atoms with E-state index in [2.05, 4.69) is 65.0 Å². The predicted octanol–water partition coefficient (Wildman–Crippen LogP) is 4.68. The number of halogens is 1. The van der Waals surface area contributed by atoms with Crippen LogP contribution in [0.5, 0.6) is 0 Å². The van der Waals surface area contributed by atoms with Crippen molar-refractivity contribution in [2.45, 2.75) is 12.8 Å². The summed E-state index contributed by atoms with van der Waals surface area (Å²) in [6.07, 6.45) is 10.3. The number of hydrogen-bond acceptors (Lipinski definition) is 0. The first kappa shape index (κ1) is 13.0. The number of rotatable bonds is 6. The molecule has 0 spiro atoms. The fourth-order valence-electron chi connectivity index (χ4n) is 1.46. The molecule has 0 amide bonds. The molecule has 1 aromatic rings. The van der Waals surface area contributed by atoms with Crippen molar-refractivity contribution in [3.63, 3.8) is 0 Å². The van der Waals surface area contributed by atoms with Gasteiger partial charge in [0.05, 0.1) is 0 Å². The maximum Gasteiger partial charge on any atom is 0.0215 e. The first-order chi connectivity index (χ1) is 7.86. The lowest BCUT2D eigenvalue weighted by atomic mass is 10.0. The van der Waals surface area contributed by atoms with E-state index >= 15 is 0 Å². The molecule has 84 valence electrons. The lowest BCUT2D eigenvalue weighted by Crippen LogP contribution is -1.87. The van der Waals surface area contributed by atoms with E-state index in [1.54, 1.807) is 0 Å². The summed E-state index contributed by atoms with van der Waals surface area (Å²) in [6.45, 7) is 3.74. The van der Waals surface area contributed by atoms with E-state index in [9.17, 15) is 0 Å². The average Bonchev–Trinajstić information content (AvgIpc) is 2.34. The Morgan fingerprint density at radius 3 is 2.62 bits per heavy atom. The van der Waals surface area contributed by atoms with Gasteiger partial charge in [0, 0.05) is 5.33 Å².